The zero-order valence-electron chi connectivity index (χ0n) is 21.2. The molecule has 5 heteroatoms. The Morgan fingerprint density at radius 3 is 2.06 bits per heavy atom. The van der Waals surface area contributed by atoms with Crippen molar-refractivity contribution < 1.29 is 4.74 Å². The van der Waals surface area contributed by atoms with E-state index >= 15 is 0 Å². The molecule has 1 spiro atoms. The number of pyridine rings is 1. The average molecular weight is 473 g/mol. The Labute approximate surface area is 211 Å². The number of benzene rings is 3. The SMILES string of the molecule is Cc1ccc2c(c1)-c1nn3ccccc3c1C1(O2)c2ccc(N(C)C)cc2-c2cc(N(C)C)ccc21. The lowest BCUT2D eigenvalue weighted by Crippen LogP contribution is -2.36. The van der Waals surface area contributed by atoms with Gasteiger partial charge in [0, 0.05) is 62.5 Å². The van der Waals surface area contributed by atoms with Gasteiger partial charge in [-0.25, -0.2) is 4.52 Å². The molecular formula is C31H28N4O. The van der Waals surface area contributed by atoms with Gasteiger partial charge in [-0.1, -0.05) is 29.8 Å². The standard InChI is InChI=1S/C31H28N4O/c1-19-9-14-28-24(16-19)30-29(27-8-6-7-15-35(27)32-30)31(36-28)25-12-10-20(33(2)3)17-22(25)23-18-21(34(4)5)11-13-26(23)31/h6-18H,1-5H3. The Bertz CT molecular complexity index is 1640. The van der Waals surface area contributed by atoms with Crippen LogP contribution in [0.25, 0.3) is 27.9 Å². The van der Waals surface area contributed by atoms with Crippen LogP contribution in [0.5, 0.6) is 5.75 Å². The predicted octanol–water partition coefficient (Wildman–Crippen LogP) is 6.11. The second-order valence-corrected chi connectivity index (χ2v) is 10.3. The number of aromatic nitrogens is 2. The lowest BCUT2D eigenvalue weighted by molar-refractivity contribution is 0.158. The fourth-order valence-corrected chi connectivity index (χ4v) is 5.87. The Morgan fingerprint density at radius 1 is 0.750 bits per heavy atom. The lowest BCUT2D eigenvalue weighted by Gasteiger charge is -2.37. The number of hydrogen-bond acceptors (Lipinski definition) is 4. The van der Waals surface area contributed by atoms with Crippen LogP contribution in [0.1, 0.15) is 22.3 Å². The van der Waals surface area contributed by atoms with E-state index in [1.54, 1.807) is 0 Å². The summed E-state index contributed by atoms with van der Waals surface area (Å²) in [4.78, 5) is 4.31. The maximum Gasteiger partial charge on any atom is 0.190 e. The van der Waals surface area contributed by atoms with Crippen molar-refractivity contribution in [2.45, 2.75) is 12.5 Å². The van der Waals surface area contributed by atoms with Crippen molar-refractivity contribution in [2.24, 2.45) is 0 Å². The van der Waals surface area contributed by atoms with Crippen LogP contribution >= 0.6 is 0 Å². The summed E-state index contributed by atoms with van der Waals surface area (Å²) < 4.78 is 9.19. The third kappa shape index (κ3) is 2.63. The van der Waals surface area contributed by atoms with Crippen molar-refractivity contribution in [3.05, 3.63) is 101 Å². The van der Waals surface area contributed by atoms with E-state index in [2.05, 4.69) is 112 Å². The number of aryl methyl sites for hydroxylation is 1. The van der Waals surface area contributed by atoms with Crippen molar-refractivity contribution in [1.29, 1.82) is 0 Å². The molecule has 178 valence electrons. The molecule has 0 saturated carbocycles. The summed E-state index contributed by atoms with van der Waals surface area (Å²) in [6.45, 7) is 2.12. The molecule has 5 nitrogen and oxygen atoms in total. The molecule has 0 bridgehead atoms. The summed E-state index contributed by atoms with van der Waals surface area (Å²) in [6, 6.07) is 26.1. The van der Waals surface area contributed by atoms with Gasteiger partial charge in [0.1, 0.15) is 11.4 Å². The van der Waals surface area contributed by atoms with Gasteiger partial charge in [0.2, 0.25) is 0 Å². The molecule has 0 radical (unpaired) electrons. The fraction of sp³-hybridized carbons (Fsp3) is 0.194. The molecule has 0 saturated heterocycles. The maximum atomic E-state index is 7.20. The monoisotopic (exact) mass is 472 g/mol. The number of rotatable bonds is 2. The molecule has 2 aromatic heterocycles. The molecular weight excluding hydrogens is 444 g/mol. The maximum absolute atomic E-state index is 7.20. The van der Waals surface area contributed by atoms with Crippen LogP contribution in [0, 0.1) is 6.92 Å². The van der Waals surface area contributed by atoms with Crippen LogP contribution < -0.4 is 14.5 Å². The molecule has 0 amide bonds. The minimum absolute atomic E-state index is 0.791. The van der Waals surface area contributed by atoms with E-state index in [0.29, 0.717) is 0 Å². The molecule has 3 aromatic carbocycles. The zero-order chi connectivity index (χ0) is 24.8. The molecule has 0 fully saturated rings. The van der Waals surface area contributed by atoms with Crippen LogP contribution in [0.2, 0.25) is 0 Å². The Morgan fingerprint density at radius 2 is 1.42 bits per heavy atom. The Kier molecular flexibility index (Phi) is 4.18. The van der Waals surface area contributed by atoms with Gasteiger partial charge < -0.3 is 14.5 Å². The van der Waals surface area contributed by atoms with Crippen LogP contribution in [0.15, 0.2) is 79.0 Å². The van der Waals surface area contributed by atoms with E-state index in [1.807, 2.05) is 16.8 Å². The summed E-state index contributed by atoms with van der Waals surface area (Å²) in [5.41, 5.74) is 11.7. The molecule has 1 aliphatic carbocycles. The van der Waals surface area contributed by atoms with Gasteiger partial charge in [-0.15, -0.1) is 0 Å². The highest BCUT2D eigenvalue weighted by atomic mass is 16.5. The smallest absolute Gasteiger partial charge is 0.190 e. The molecule has 5 aromatic rings. The number of hydrogen-bond donors (Lipinski definition) is 0. The number of fused-ring (bicyclic) bond motifs is 11. The van der Waals surface area contributed by atoms with Gasteiger partial charge in [0.05, 0.1) is 11.1 Å². The molecule has 0 N–H and O–H groups in total. The number of nitrogens with zero attached hydrogens (tertiary/aromatic N) is 4. The minimum atomic E-state index is -0.791. The third-order valence-electron chi connectivity index (χ3n) is 7.63. The van der Waals surface area contributed by atoms with Crippen LogP contribution in [-0.4, -0.2) is 37.8 Å². The summed E-state index contributed by atoms with van der Waals surface area (Å²) >= 11 is 0. The number of anilines is 2. The molecule has 0 atom stereocenters. The largest absolute Gasteiger partial charge is 0.472 e. The second-order valence-electron chi connectivity index (χ2n) is 10.3. The summed E-state index contributed by atoms with van der Waals surface area (Å²) in [5.74, 6) is 0.865. The van der Waals surface area contributed by atoms with E-state index in [9.17, 15) is 0 Å². The molecule has 2 aliphatic rings. The van der Waals surface area contributed by atoms with Crippen LogP contribution in [0.4, 0.5) is 11.4 Å². The molecule has 0 unspecified atom stereocenters. The van der Waals surface area contributed by atoms with Crippen molar-refractivity contribution in [2.75, 3.05) is 38.0 Å². The lowest BCUT2D eigenvalue weighted by atomic mass is 9.79. The van der Waals surface area contributed by atoms with E-state index in [0.717, 1.165) is 39.2 Å². The van der Waals surface area contributed by atoms with E-state index < -0.39 is 5.60 Å². The average Bonchev–Trinajstić information content (AvgIpc) is 3.39. The molecule has 1 aliphatic heterocycles. The van der Waals surface area contributed by atoms with Crippen LogP contribution in [-0.2, 0) is 5.60 Å². The first kappa shape index (κ1) is 21.1. The van der Waals surface area contributed by atoms with Crippen molar-refractivity contribution in [1.82, 2.24) is 9.61 Å². The fourth-order valence-electron chi connectivity index (χ4n) is 5.87. The highest BCUT2D eigenvalue weighted by Gasteiger charge is 2.53. The van der Waals surface area contributed by atoms with Crippen LogP contribution in [0.3, 0.4) is 0 Å². The van der Waals surface area contributed by atoms with E-state index in [-0.39, 0.29) is 0 Å². The highest BCUT2D eigenvalue weighted by Crippen LogP contribution is 2.60. The van der Waals surface area contributed by atoms with Crippen molar-refractivity contribution in [3.63, 3.8) is 0 Å². The summed E-state index contributed by atoms with van der Waals surface area (Å²) in [6.07, 6.45) is 2.03. The van der Waals surface area contributed by atoms with Gasteiger partial charge >= 0.3 is 0 Å². The highest BCUT2D eigenvalue weighted by molar-refractivity contribution is 5.92. The Balaban J connectivity index is 1.64. The summed E-state index contributed by atoms with van der Waals surface area (Å²) in [7, 11) is 8.34. The first-order valence-electron chi connectivity index (χ1n) is 12.3. The summed E-state index contributed by atoms with van der Waals surface area (Å²) in [5, 5.41) is 5.11. The van der Waals surface area contributed by atoms with Crippen molar-refractivity contribution in [3.8, 4) is 28.1 Å². The topological polar surface area (TPSA) is 33.0 Å². The van der Waals surface area contributed by atoms with Gasteiger partial charge in [0.15, 0.2) is 5.60 Å². The molecule has 3 heterocycles. The first-order valence-corrected chi connectivity index (χ1v) is 12.3. The van der Waals surface area contributed by atoms with Gasteiger partial charge in [-0.05, 0) is 66.6 Å². The third-order valence-corrected chi connectivity index (χ3v) is 7.63. The van der Waals surface area contributed by atoms with E-state index in [1.165, 1.54) is 28.1 Å². The predicted molar refractivity (Wildman–Crippen MR) is 146 cm³/mol. The van der Waals surface area contributed by atoms with Crippen molar-refractivity contribution >= 4 is 16.9 Å². The first-order chi connectivity index (χ1) is 17.4. The zero-order valence-corrected chi connectivity index (χ0v) is 21.2. The molecule has 7 rings (SSSR count). The normalized spacial score (nSPS) is 14.1. The Hall–Kier alpha value is -4.25. The van der Waals surface area contributed by atoms with Gasteiger partial charge in [-0.3, -0.25) is 0 Å². The molecule has 36 heavy (non-hydrogen) atoms. The van der Waals surface area contributed by atoms with E-state index in [4.69, 9.17) is 9.84 Å². The number of ether oxygens (including phenoxy) is 1. The second kappa shape index (κ2) is 7.14. The quantitative estimate of drug-likeness (QED) is 0.311. The minimum Gasteiger partial charge on any atom is -0.472 e. The van der Waals surface area contributed by atoms with Gasteiger partial charge in [0.25, 0.3) is 0 Å². The van der Waals surface area contributed by atoms with Gasteiger partial charge in [-0.2, -0.15) is 5.10 Å².